The fourth-order valence-corrected chi connectivity index (χ4v) is 4.13. The molecule has 0 spiro atoms. The van der Waals surface area contributed by atoms with E-state index in [0.29, 0.717) is 37.2 Å². The number of benzene rings is 2. The number of carbonyl (C=O) groups is 2. The normalized spacial score (nSPS) is 10.6. The molecule has 0 aliphatic carbocycles. The van der Waals surface area contributed by atoms with E-state index in [1.165, 1.54) is 6.07 Å². The molecule has 0 radical (unpaired) electrons. The lowest BCUT2D eigenvalue weighted by Gasteiger charge is -2.11. The molecule has 6 N–H and O–H groups in total. The standard InChI is InChI=1S/C14H13Cl3N4O.C14H15Cl2N5O2/c1-7(2)11-6-12(17)20-13(19-11)21-14(22)18-8-3-4-9(15)10(16)5-8;1-7(2)11-6-12(21-23)19-13(18-11)20-14(22)17-8-3-4-9(15)10(16)5-8/h3-7H,1-2H3,(H2,18,19,20,21,22);3-7,23H,1-2H3,(H3,17,18,19,20,21,22). The highest BCUT2D eigenvalue weighted by molar-refractivity contribution is 6.42. The molecule has 2 heterocycles. The molecular weight excluding hydrogens is 688 g/mol. The zero-order chi connectivity index (χ0) is 33.3. The first-order valence-electron chi connectivity index (χ1n) is 13.1. The van der Waals surface area contributed by atoms with E-state index in [9.17, 15) is 9.59 Å². The van der Waals surface area contributed by atoms with Crippen LogP contribution in [0.4, 0.5) is 38.7 Å². The molecule has 0 unspecified atom stereocenters. The molecule has 0 aliphatic rings. The number of aromatic nitrogens is 4. The Labute approximate surface area is 284 Å². The van der Waals surface area contributed by atoms with Crippen molar-refractivity contribution >= 4 is 99.2 Å². The van der Waals surface area contributed by atoms with Crippen LogP contribution in [0.3, 0.4) is 0 Å². The average Bonchev–Trinajstić information content (AvgIpc) is 2.96. The van der Waals surface area contributed by atoms with Crippen LogP contribution in [0.15, 0.2) is 48.5 Å². The van der Waals surface area contributed by atoms with Crippen LogP contribution in [-0.2, 0) is 0 Å². The Morgan fingerprint density at radius 2 is 1.04 bits per heavy atom. The minimum atomic E-state index is -0.548. The van der Waals surface area contributed by atoms with Gasteiger partial charge in [-0.25, -0.2) is 24.5 Å². The summed E-state index contributed by atoms with van der Waals surface area (Å²) >= 11 is 29.3. The second-order valence-corrected chi connectivity index (χ2v) is 11.8. The summed E-state index contributed by atoms with van der Waals surface area (Å²) in [5.74, 6) is 0.649. The Kier molecular flexibility index (Phi) is 13.2. The summed E-state index contributed by atoms with van der Waals surface area (Å²) in [6, 6.07) is 11.7. The fourth-order valence-electron chi connectivity index (χ4n) is 3.34. The van der Waals surface area contributed by atoms with Crippen LogP contribution in [0.25, 0.3) is 0 Å². The minimum absolute atomic E-state index is 0.0605. The number of nitrogens with zero attached hydrogens (tertiary/aromatic N) is 4. The lowest BCUT2D eigenvalue weighted by molar-refractivity contribution is 0.261. The summed E-state index contributed by atoms with van der Waals surface area (Å²) in [6.45, 7) is 7.81. The third kappa shape index (κ3) is 11.3. The highest BCUT2D eigenvalue weighted by Gasteiger charge is 2.12. The molecule has 0 aliphatic heterocycles. The summed E-state index contributed by atoms with van der Waals surface area (Å²) in [5, 5.41) is 21.0. The molecule has 238 valence electrons. The zero-order valence-electron chi connectivity index (χ0n) is 24.2. The monoisotopic (exact) mass is 713 g/mol. The number of carbonyl (C=O) groups excluding carboxylic acids is 2. The maximum Gasteiger partial charge on any atom is 0.326 e. The van der Waals surface area contributed by atoms with Crippen molar-refractivity contribution < 1.29 is 14.8 Å². The number of halogens is 5. The largest absolute Gasteiger partial charge is 0.326 e. The summed E-state index contributed by atoms with van der Waals surface area (Å²) < 4.78 is 0. The number of rotatable bonds is 7. The van der Waals surface area contributed by atoms with Gasteiger partial charge >= 0.3 is 12.1 Å². The van der Waals surface area contributed by atoms with Crippen molar-refractivity contribution in [3.05, 3.63) is 85.2 Å². The van der Waals surface area contributed by atoms with Gasteiger partial charge in [0, 0.05) is 17.4 Å². The molecular formula is C28H28Cl5N9O3. The van der Waals surface area contributed by atoms with Crippen molar-refractivity contribution in [3.8, 4) is 0 Å². The van der Waals surface area contributed by atoms with Crippen molar-refractivity contribution in [2.45, 2.75) is 39.5 Å². The highest BCUT2D eigenvalue weighted by Crippen LogP contribution is 2.26. The van der Waals surface area contributed by atoms with E-state index in [1.54, 1.807) is 42.5 Å². The van der Waals surface area contributed by atoms with Gasteiger partial charge in [-0.3, -0.25) is 21.3 Å². The minimum Gasteiger partial charge on any atom is -0.308 e. The van der Waals surface area contributed by atoms with Gasteiger partial charge < -0.3 is 10.6 Å². The summed E-state index contributed by atoms with van der Waals surface area (Å²) in [4.78, 5) is 40.3. The van der Waals surface area contributed by atoms with Gasteiger partial charge in [0.1, 0.15) is 5.15 Å². The smallest absolute Gasteiger partial charge is 0.308 e. The second kappa shape index (κ2) is 16.6. The molecule has 0 fully saturated rings. The van der Waals surface area contributed by atoms with Gasteiger partial charge in [-0.15, -0.1) is 0 Å². The second-order valence-electron chi connectivity index (χ2n) is 9.78. The Morgan fingerprint density at radius 3 is 1.47 bits per heavy atom. The zero-order valence-corrected chi connectivity index (χ0v) is 28.0. The fraction of sp³-hybridized carbons (Fsp3) is 0.214. The van der Waals surface area contributed by atoms with Gasteiger partial charge in [0.05, 0.1) is 31.5 Å². The molecule has 4 rings (SSSR count). The number of nitrogens with one attached hydrogen (secondary N) is 5. The van der Waals surface area contributed by atoms with Crippen LogP contribution >= 0.6 is 58.0 Å². The van der Waals surface area contributed by atoms with Crippen LogP contribution < -0.4 is 26.7 Å². The number of hydrogen-bond donors (Lipinski definition) is 6. The first-order chi connectivity index (χ1) is 21.2. The molecule has 0 atom stereocenters. The van der Waals surface area contributed by atoms with Crippen LogP contribution in [0.5, 0.6) is 0 Å². The van der Waals surface area contributed by atoms with Gasteiger partial charge in [-0.1, -0.05) is 85.7 Å². The number of hydrogen-bond acceptors (Lipinski definition) is 8. The molecule has 2 aromatic heterocycles. The van der Waals surface area contributed by atoms with E-state index in [4.69, 9.17) is 63.2 Å². The average molecular weight is 716 g/mol. The first-order valence-corrected chi connectivity index (χ1v) is 15.0. The van der Waals surface area contributed by atoms with E-state index in [-0.39, 0.29) is 34.7 Å². The van der Waals surface area contributed by atoms with E-state index in [0.717, 1.165) is 5.69 Å². The third-order valence-electron chi connectivity index (χ3n) is 5.56. The molecule has 17 heteroatoms. The molecule has 2 aromatic carbocycles. The first kappa shape index (κ1) is 35.8. The Morgan fingerprint density at radius 1 is 0.600 bits per heavy atom. The number of urea groups is 2. The summed E-state index contributed by atoms with van der Waals surface area (Å²) in [6.07, 6.45) is 0. The van der Waals surface area contributed by atoms with Crippen molar-refractivity contribution in [1.82, 2.24) is 19.9 Å². The number of anilines is 5. The van der Waals surface area contributed by atoms with E-state index in [1.807, 2.05) is 33.2 Å². The Bertz CT molecular complexity index is 1680. The quantitative estimate of drug-likeness (QED) is 0.0813. The Hall–Kier alpha value is -3.65. The SMILES string of the molecule is CC(C)c1cc(Cl)nc(NC(=O)Nc2ccc(Cl)c(Cl)c2)n1.CC(C)c1cc(NO)nc(NC(=O)Nc2ccc(Cl)c(Cl)c2)n1. The van der Waals surface area contributed by atoms with Gasteiger partial charge in [-0.2, -0.15) is 4.98 Å². The summed E-state index contributed by atoms with van der Waals surface area (Å²) in [7, 11) is 0. The van der Waals surface area contributed by atoms with Gasteiger partial charge in [0.15, 0.2) is 5.82 Å². The molecule has 45 heavy (non-hydrogen) atoms. The van der Waals surface area contributed by atoms with Crippen molar-refractivity contribution in [1.29, 1.82) is 0 Å². The predicted octanol–water partition coefficient (Wildman–Crippen LogP) is 9.56. The van der Waals surface area contributed by atoms with E-state index >= 15 is 0 Å². The van der Waals surface area contributed by atoms with E-state index in [2.05, 4.69) is 41.2 Å². The maximum absolute atomic E-state index is 12.0. The van der Waals surface area contributed by atoms with Gasteiger partial charge in [0.25, 0.3) is 0 Å². The number of amides is 4. The lowest BCUT2D eigenvalue weighted by Crippen LogP contribution is -2.21. The van der Waals surface area contributed by atoms with Crippen LogP contribution in [0.1, 0.15) is 50.9 Å². The third-order valence-corrected chi connectivity index (χ3v) is 7.24. The molecule has 0 saturated carbocycles. The van der Waals surface area contributed by atoms with Gasteiger partial charge in [-0.05, 0) is 54.3 Å². The van der Waals surface area contributed by atoms with Crippen LogP contribution in [0, 0.1) is 0 Å². The molecule has 0 bridgehead atoms. The topological polar surface area (TPSA) is 166 Å². The van der Waals surface area contributed by atoms with Crippen molar-refractivity contribution in [3.63, 3.8) is 0 Å². The molecule has 4 aromatic rings. The maximum atomic E-state index is 12.0. The molecule has 12 nitrogen and oxygen atoms in total. The predicted molar refractivity (Wildman–Crippen MR) is 181 cm³/mol. The van der Waals surface area contributed by atoms with Crippen LogP contribution in [0.2, 0.25) is 25.2 Å². The van der Waals surface area contributed by atoms with Crippen molar-refractivity contribution in [2.75, 3.05) is 26.7 Å². The van der Waals surface area contributed by atoms with Gasteiger partial charge in [0.2, 0.25) is 11.9 Å². The highest BCUT2D eigenvalue weighted by atomic mass is 35.5. The summed E-state index contributed by atoms with van der Waals surface area (Å²) in [5.41, 5.74) is 4.32. The molecule has 4 amide bonds. The van der Waals surface area contributed by atoms with E-state index < -0.39 is 12.1 Å². The molecule has 0 saturated heterocycles. The Balaban J connectivity index is 0.000000246. The van der Waals surface area contributed by atoms with Crippen molar-refractivity contribution in [2.24, 2.45) is 0 Å². The lowest BCUT2D eigenvalue weighted by atomic mass is 10.1. The van der Waals surface area contributed by atoms with Crippen LogP contribution in [-0.4, -0.2) is 37.2 Å².